The summed E-state index contributed by atoms with van der Waals surface area (Å²) < 4.78 is 0. The first-order valence-corrected chi connectivity index (χ1v) is 12.8. The molecule has 1 aliphatic carbocycles. The summed E-state index contributed by atoms with van der Waals surface area (Å²) in [5.41, 5.74) is 3.15. The molecule has 33 heavy (non-hydrogen) atoms. The number of nitrogens with zero attached hydrogens (tertiary/aromatic N) is 1. The van der Waals surface area contributed by atoms with Crippen LogP contribution >= 0.6 is 11.6 Å². The molecule has 1 fully saturated rings. The van der Waals surface area contributed by atoms with Crippen molar-refractivity contribution < 1.29 is 14.7 Å². The number of amides is 1. The summed E-state index contributed by atoms with van der Waals surface area (Å²) in [5.74, 6) is -1.06. The van der Waals surface area contributed by atoms with E-state index in [1.165, 1.54) is 0 Å². The van der Waals surface area contributed by atoms with Gasteiger partial charge in [-0.3, -0.25) is 9.59 Å². The van der Waals surface area contributed by atoms with E-state index in [1.54, 1.807) is 4.90 Å². The molecule has 2 aliphatic rings. The average Bonchev–Trinajstić information content (AvgIpc) is 2.72. The second-order valence-electron chi connectivity index (χ2n) is 11.7. The number of rotatable bonds is 6. The van der Waals surface area contributed by atoms with Crippen LogP contribution in [0, 0.1) is 17.3 Å². The molecule has 1 saturated carbocycles. The molecule has 0 saturated heterocycles. The Morgan fingerprint density at radius 3 is 2.48 bits per heavy atom. The van der Waals surface area contributed by atoms with E-state index in [1.807, 2.05) is 12.3 Å². The van der Waals surface area contributed by atoms with Gasteiger partial charge in [0, 0.05) is 29.1 Å². The van der Waals surface area contributed by atoms with E-state index in [2.05, 4.69) is 53.7 Å². The Labute approximate surface area is 204 Å². The van der Waals surface area contributed by atoms with Crippen LogP contribution in [0.2, 0.25) is 5.02 Å². The van der Waals surface area contributed by atoms with Gasteiger partial charge in [-0.15, -0.1) is 0 Å². The summed E-state index contributed by atoms with van der Waals surface area (Å²) in [6.07, 6.45) is 7.55. The lowest BCUT2D eigenvalue weighted by atomic mass is 9.67. The van der Waals surface area contributed by atoms with Gasteiger partial charge < -0.3 is 10.0 Å². The molecule has 4 nitrogen and oxygen atoms in total. The fourth-order valence-electron chi connectivity index (χ4n) is 5.53. The number of carboxylic acid groups (broad SMARTS) is 1. The zero-order valence-electron chi connectivity index (χ0n) is 21.1. The van der Waals surface area contributed by atoms with Gasteiger partial charge in [-0.25, -0.2) is 0 Å². The van der Waals surface area contributed by atoms with Crippen molar-refractivity contribution in [3.05, 3.63) is 46.1 Å². The Balaban J connectivity index is 1.96. The minimum atomic E-state index is -0.794. The molecule has 1 aromatic carbocycles. The molecule has 1 aliphatic heterocycles. The standard InChI is InChI=1S/C28H40ClNO3/c1-18(2)22-17-30(24-10-8-7-9-21(24)26(32)33)25(31)16-28(22,6)20-12-11-19(23(29)15-20)13-14-27(3,4)5/h11-12,15,17-18,21,24H,7-10,13-14,16H2,1-6H3,(H,32,33)/t21-,24-,28+/m1/s1. The molecule has 0 spiro atoms. The second kappa shape index (κ2) is 9.82. The Morgan fingerprint density at radius 2 is 1.91 bits per heavy atom. The molecule has 1 aromatic rings. The number of halogens is 1. The van der Waals surface area contributed by atoms with Crippen LogP contribution < -0.4 is 0 Å². The average molecular weight is 474 g/mol. The Morgan fingerprint density at radius 1 is 1.24 bits per heavy atom. The largest absolute Gasteiger partial charge is 0.481 e. The Hall–Kier alpha value is -1.81. The highest BCUT2D eigenvalue weighted by Crippen LogP contribution is 2.45. The fraction of sp³-hybridized carbons (Fsp3) is 0.643. The van der Waals surface area contributed by atoms with Gasteiger partial charge in [0.05, 0.1) is 5.92 Å². The predicted octanol–water partition coefficient (Wildman–Crippen LogP) is 6.99. The zero-order valence-corrected chi connectivity index (χ0v) is 21.8. The molecule has 1 heterocycles. The summed E-state index contributed by atoms with van der Waals surface area (Å²) in [4.78, 5) is 27.1. The van der Waals surface area contributed by atoms with Crippen LogP contribution in [0.15, 0.2) is 30.0 Å². The smallest absolute Gasteiger partial charge is 0.308 e. The van der Waals surface area contributed by atoms with Crippen LogP contribution in [0.1, 0.15) is 91.2 Å². The van der Waals surface area contributed by atoms with Crippen LogP contribution in [0.4, 0.5) is 0 Å². The SMILES string of the molecule is CC(C)C1=CN([C@@H]2CCCC[C@H]2C(=O)O)C(=O)C[C@@]1(C)c1ccc(CCC(C)(C)C)c(Cl)c1. The second-order valence-corrected chi connectivity index (χ2v) is 12.1. The van der Waals surface area contributed by atoms with Crippen molar-refractivity contribution in [2.45, 2.75) is 97.9 Å². The molecule has 0 radical (unpaired) electrons. The Bertz CT molecular complexity index is 930. The summed E-state index contributed by atoms with van der Waals surface area (Å²) in [6, 6.07) is 6.03. The molecule has 5 heteroatoms. The van der Waals surface area contributed by atoms with E-state index < -0.39 is 17.3 Å². The van der Waals surface area contributed by atoms with Crippen molar-refractivity contribution in [2.24, 2.45) is 17.3 Å². The van der Waals surface area contributed by atoms with Gasteiger partial charge in [0.25, 0.3) is 0 Å². The maximum atomic E-state index is 13.4. The third kappa shape index (κ3) is 5.65. The summed E-state index contributed by atoms with van der Waals surface area (Å²) >= 11 is 6.73. The van der Waals surface area contributed by atoms with E-state index in [9.17, 15) is 14.7 Å². The molecule has 1 N–H and O–H groups in total. The number of allylic oxidation sites excluding steroid dienone is 1. The molecule has 3 rings (SSSR count). The van der Waals surface area contributed by atoms with E-state index in [0.29, 0.717) is 12.8 Å². The van der Waals surface area contributed by atoms with Gasteiger partial charge in [-0.05, 0) is 59.8 Å². The van der Waals surface area contributed by atoms with E-state index in [0.717, 1.165) is 53.8 Å². The van der Waals surface area contributed by atoms with Gasteiger partial charge in [-0.2, -0.15) is 0 Å². The molecule has 182 valence electrons. The van der Waals surface area contributed by atoms with Crippen molar-refractivity contribution in [2.75, 3.05) is 0 Å². The monoisotopic (exact) mass is 473 g/mol. The lowest BCUT2D eigenvalue weighted by Gasteiger charge is -2.45. The maximum absolute atomic E-state index is 13.4. The number of carbonyl (C=O) groups is 2. The van der Waals surface area contributed by atoms with Crippen molar-refractivity contribution in [3.8, 4) is 0 Å². The molecule has 3 atom stereocenters. The lowest BCUT2D eigenvalue weighted by Crippen LogP contribution is -2.50. The van der Waals surface area contributed by atoms with Gasteiger partial charge in [0.2, 0.25) is 5.91 Å². The number of carbonyl (C=O) groups excluding carboxylic acids is 1. The highest BCUT2D eigenvalue weighted by molar-refractivity contribution is 6.31. The first-order valence-electron chi connectivity index (χ1n) is 12.4. The zero-order chi connectivity index (χ0) is 24.6. The molecule has 0 bridgehead atoms. The molecule has 1 amide bonds. The number of aryl methyl sites for hydroxylation is 1. The number of hydrogen-bond acceptors (Lipinski definition) is 2. The number of benzene rings is 1. The molecular formula is C28H40ClNO3. The molecule has 0 unspecified atom stereocenters. The van der Waals surface area contributed by atoms with Crippen LogP contribution in [0.25, 0.3) is 0 Å². The van der Waals surface area contributed by atoms with Gasteiger partial charge >= 0.3 is 5.97 Å². The Kier molecular flexibility index (Phi) is 7.68. The van der Waals surface area contributed by atoms with Crippen molar-refractivity contribution in [3.63, 3.8) is 0 Å². The summed E-state index contributed by atoms with van der Waals surface area (Å²) in [6.45, 7) is 13.1. The first kappa shape index (κ1) is 25.8. The number of aliphatic carboxylic acids is 1. The van der Waals surface area contributed by atoms with Crippen molar-refractivity contribution in [1.29, 1.82) is 0 Å². The molecular weight excluding hydrogens is 434 g/mol. The van der Waals surface area contributed by atoms with Crippen molar-refractivity contribution >= 4 is 23.5 Å². The van der Waals surface area contributed by atoms with Crippen LogP contribution in [0.5, 0.6) is 0 Å². The minimum Gasteiger partial charge on any atom is -0.481 e. The maximum Gasteiger partial charge on any atom is 0.308 e. The topological polar surface area (TPSA) is 57.6 Å². The highest BCUT2D eigenvalue weighted by Gasteiger charge is 2.44. The highest BCUT2D eigenvalue weighted by atomic mass is 35.5. The molecule has 0 aromatic heterocycles. The van der Waals surface area contributed by atoms with Gasteiger partial charge in [-0.1, -0.05) is 78.1 Å². The van der Waals surface area contributed by atoms with E-state index in [4.69, 9.17) is 11.6 Å². The van der Waals surface area contributed by atoms with Crippen LogP contribution in [0.3, 0.4) is 0 Å². The van der Waals surface area contributed by atoms with E-state index >= 15 is 0 Å². The van der Waals surface area contributed by atoms with Crippen molar-refractivity contribution in [1.82, 2.24) is 4.90 Å². The summed E-state index contributed by atoms with van der Waals surface area (Å²) in [5, 5.41) is 10.5. The fourth-order valence-corrected chi connectivity index (χ4v) is 5.81. The van der Waals surface area contributed by atoms with Gasteiger partial charge in [0.15, 0.2) is 0 Å². The number of carboxylic acids is 1. The first-order chi connectivity index (χ1) is 15.3. The normalized spacial score (nSPS) is 26.5. The third-order valence-electron chi connectivity index (χ3n) is 7.57. The third-order valence-corrected chi connectivity index (χ3v) is 7.92. The quantitative estimate of drug-likeness (QED) is 0.484. The predicted molar refractivity (Wildman–Crippen MR) is 134 cm³/mol. The minimum absolute atomic E-state index is 0.00739. The number of hydrogen-bond donors (Lipinski definition) is 1. The van der Waals surface area contributed by atoms with Gasteiger partial charge in [0.1, 0.15) is 0 Å². The lowest BCUT2D eigenvalue weighted by molar-refractivity contribution is -0.147. The van der Waals surface area contributed by atoms with E-state index in [-0.39, 0.29) is 23.3 Å². The van der Waals surface area contributed by atoms with Crippen LogP contribution in [-0.2, 0) is 21.4 Å². The summed E-state index contributed by atoms with van der Waals surface area (Å²) in [7, 11) is 0. The van der Waals surface area contributed by atoms with Crippen LogP contribution in [-0.4, -0.2) is 27.9 Å².